The molecule has 0 aliphatic heterocycles. The quantitative estimate of drug-likeness (QED) is 0.775. The number of aryl methyl sites for hydroxylation is 1. The Morgan fingerprint density at radius 1 is 1.50 bits per heavy atom. The van der Waals surface area contributed by atoms with Crippen LogP contribution in [0.2, 0.25) is 0 Å². The molecular weight excluding hydrogens is 184 g/mol. The average molecular weight is 197 g/mol. The van der Waals surface area contributed by atoms with Crippen molar-refractivity contribution >= 4 is 0 Å². The van der Waals surface area contributed by atoms with Gasteiger partial charge in [0.2, 0.25) is 0 Å². The Morgan fingerprint density at radius 3 is 2.50 bits per heavy atom. The first-order valence-electron chi connectivity index (χ1n) is 4.26. The molecule has 1 rings (SSSR count). The van der Waals surface area contributed by atoms with E-state index < -0.39 is 5.67 Å². The van der Waals surface area contributed by atoms with E-state index in [2.05, 4.69) is 6.58 Å². The number of hydrogen-bond donors (Lipinski definition) is 1. The Morgan fingerprint density at radius 2 is 2.07 bits per heavy atom. The Bertz CT molecular complexity index is 370. The summed E-state index contributed by atoms with van der Waals surface area (Å²) in [7, 11) is 0. The van der Waals surface area contributed by atoms with Crippen molar-refractivity contribution in [2.75, 3.05) is 0 Å². The van der Waals surface area contributed by atoms with Gasteiger partial charge in [0.25, 0.3) is 0 Å². The summed E-state index contributed by atoms with van der Waals surface area (Å²) in [6, 6.07) is 4.04. The molecule has 1 aromatic carbocycles. The van der Waals surface area contributed by atoms with Gasteiger partial charge >= 0.3 is 0 Å². The highest BCUT2D eigenvalue weighted by atomic mass is 19.1. The predicted molar refractivity (Wildman–Crippen MR) is 52.9 cm³/mol. The Labute approximate surface area is 82.2 Å². The third kappa shape index (κ3) is 1.76. The molecule has 1 aromatic rings. The first kappa shape index (κ1) is 10.7. The maximum absolute atomic E-state index is 13.9. The molecule has 1 nitrogen and oxygen atoms in total. The highest BCUT2D eigenvalue weighted by molar-refractivity contribution is 5.33. The van der Waals surface area contributed by atoms with E-state index in [1.807, 2.05) is 0 Å². The van der Waals surface area contributed by atoms with Crippen LogP contribution in [0.5, 0.6) is 0 Å². The first-order chi connectivity index (χ1) is 6.35. The lowest BCUT2D eigenvalue weighted by Crippen LogP contribution is -2.23. The van der Waals surface area contributed by atoms with E-state index in [9.17, 15) is 8.78 Å². The molecule has 3 heteroatoms. The molecule has 0 radical (unpaired) electrons. The molecule has 1 atom stereocenters. The first-order valence-corrected chi connectivity index (χ1v) is 4.26. The van der Waals surface area contributed by atoms with Crippen molar-refractivity contribution in [3.05, 3.63) is 47.4 Å². The minimum atomic E-state index is -1.81. The molecule has 2 N–H and O–H groups in total. The van der Waals surface area contributed by atoms with E-state index in [0.717, 1.165) is 0 Å². The van der Waals surface area contributed by atoms with Gasteiger partial charge in [-0.05, 0) is 37.1 Å². The maximum atomic E-state index is 13.9. The molecule has 0 aromatic heterocycles. The number of allylic oxidation sites excluding steroid dienone is 1. The predicted octanol–water partition coefficient (Wildman–Crippen LogP) is 2.79. The number of halogens is 2. The van der Waals surface area contributed by atoms with Gasteiger partial charge in [-0.1, -0.05) is 12.6 Å². The lowest BCUT2D eigenvalue weighted by Gasteiger charge is -2.21. The third-order valence-corrected chi connectivity index (χ3v) is 2.30. The van der Waals surface area contributed by atoms with Crippen LogP contribution >= 0.6 is 0 Å². The van der Waals surface area contributed by atoms with Gasteiger partial charge in [0.1, 0.15) is 5.82 Å². The Hall–Kier alpha value is -1.38. The van der Waals surface area contributed by atoms with Gasteiger partial charge in [0.05, 0.1) is 0 Å². The number of benzene rings is 1. The summed E-state index contributed by atoms with van der Waals surface area (Å²) < 4.78 is 26.8. The van der Waals surface area contributed by atoms with Gasteiger partial charge in [-0.15, -0.1) is 0 Å². The van der Waals surface area contributed by atoms with Crippen molar-refractivity contribution in [3.8, 4) is 0 Å². The number of rotatable bonds is 2. The molecule has 0 bridgehead atoms. The second-order valence-corrected chi connectivity index (χ2v) is 3.49. The monoisotopic (exact) mass is 197 g/mol. The summed E-state index contributed by atoms with van der Waals surface area (Å²) >= 11 is 0. The lowest BCUT2D eigenvalue weighted by atomic mass is 9.94. The van der Waals surface area contributed by atoms with Crippen molar-refractivity contribution in [1.29, 1.82) is 0 Å². The van der Waals surface area contributed by atoms with Gasteiger partial charge in [0, 0.05) is 5.70 Å². The van der Waals surface area contributed by atoms with E-state index in [-0.39, 0.29) is 11.5 Å². The van der Waals surface area contributed by atoms with Gasteiger partial charge in [-0.2, -0.15) is 0 Å². The maximum Gasteiger partial charge on any atom is 0.171 e. The van der Waals surface area contributed by atoms with Crippen molar-refractivity contribution in [3.63, 3.8) is 0 Å². The molecule has 0 saturated heterocycles. The molecule has 14 heavy (non-hydrogen) atoms. The van der Waals surface area contributed by atoms with Crippen LogP contribution < -0.4 is 5.73 Å². The van der Waals surface area contributed by atoms with Crippen LogP contribution in [0.1, 0.15) is 18.1 Å². The minimum Gasteiger partial charge on any atom is -0.400 e. The van der Waals surface area contributed by atoms with E-state index in [1.165, 1.54) is 25.1 Å². The molecule has 0 saturated carbocycles. The van der Waals surface area contributed by atoms with E-state index in [1.54, 1.807) is 6.92 Å². The van der Waals surface area contributed by atoms with Gasteiger partial charge < -0.3 is 5.73 Å². The molecule has 76 valence electrons. The molecule has 0 spiro atoms. The van der Waals surface area contributed by atoms with Crippen molar-refractivity contribution < 1.29 is 8.78 Å². The zero-order valence-electron chi connectivity index (χ0n) is 8.27. The molecule has 0 amide bonds. The fourth-order valence-electron chi connectivity index (χ4n) is 1.12. The largest absolute Gasteiger partial charge is 0.400 e. The average Bonchev–Trinajstić information content (AvgIpc) is 2.09. The van der Waals surface area contributed by atoms with Gasteiger partial charge in [-0.3, -0.25) is 0 Å². The SMILES string of the molecule is C=C(N)C(C)(F)c1ccc(F)c(C)c1. The molecule has 0 heterocycles. The number of alkyl halides is 1. The summed E-state index contributed by atoms with van der Waals surface area (Å²) in [6.07, 6.45) is 0. The minimum absolute atomic E-state index is 0.0801. The fourth-order valence-corrected chi connectivity index (χ4v) is 1.12. The van der Waals surface area contributed by atoms with Crippen LogP contribution in [0.4, 0.5) is 8.78 Å². The lowest BCUT2D eigenvalue weighted by molar-refractivity contribution is 0.242. The normalized spacial score (nSPS) is 14.9. The summed E-state index contributed by atoms with van der Waals surface area (Å²) in [5, 5.41) is 0. The molecule has 0 fully saturated rings. The van der Waals surface area contributed by atoms with E-state index in [4.69, 9.17) is 5.73 Å². The fraction of sp³-hybridized carbons (Fsp3) is 0.273. The molecule has 0 aliphatic rings. The van der Waals surface area contributed by atoms with Crippen molar-refractivity contribution in [1.82, 2.24) is 0 Å². The van der Waals surface area contributed by atoms with Crippen LogP contribution in [0.3, 0.4) is 0 Å². The number of hydrogen-bond acceptors (Lipinski definition) is 1. The Kier molecular flexibility index (Phi) is 2.60. The highest BCUT2D eigenvalue weighted by Gasteiger charge is 2.28. The highest BCUT2D eigenvalue weighted by Crippen LogP contribution is 2.30. The zero-order valence-corrected chi connectivity index (χ0v) is 8.27. The summed E-state index contributed by atoms with van der Waals surface area (Å²) in [4.78, 5) is 0. The molecule has 1 unspecified atom stereocenters. The number of nitrogens with two attached hydrogens (primary N) is 1. The van der Waals surface area contributed by atoms with Crippen LogP contribution in [-0.2, 0) is 5.67 Å². The van der Waals surface area contributed by atoms with Crippen molar-refractivity contribution in [2.24, 2.45) is 5.73 Å². The van der Waals surface area contributed by atoms with Crippen LogP contribution in [0, 0.1) is 12.7 Å². The third-order valence-electron chi connectivity index (χ3n) is 2.30. The second-order valence-electron chi connectivity index (χ2n) is 3.49. The van der Waals surface area contributed by atoms with Gasteiger partial charge in [-0.25, -0.2) is 8.78 Å². The van der Waals surface area contributed by atoms with Crippen LogP contribution in [0.25, 0.3) is 0 Å². The summed E-state index contributed by atoms with van der Waals surface area (Å²) in [5.74, 6) is -0.354. The summed E-state index contributed by atoms with van der Waals surface area (Å²) in [5.41, 5.74) is 4.16. The van der Waals surface area contributed by atoms with Crippen LogP contribution in [-0.4, -0.2) is 0 Å². The van der Waals surface area contributed by atoms with E-state index in [0.29, 0.717) is 11.1 Å². The molecule has 0 aliphatic carbocycles. The van der Waals surface area contributed by atoms with Crippen molar-refractivity contribution in [2.45, 2.75) is 19.5 Å². The topological polar surface area (TPSA) is 26.0 Å². The molecular formula is C11H13F2N. The van der Waals surface area contributed by atoms with Crippen LogP contribution in [0.15, 0.2) is 30.5 Å². The van der Waals surface area contributed by atoms with Gasteiger partial charge in [0.15, 0.2) is 5.67 Å². The van der Waals surface area contributed by atoms with E-state index >= 15 is 0 Å². The zero-order chi connectivity index (χ0) is 10.9. The smallest absolute Gasteiger partial charge is 0.171 e. The standard InChI is InChI=1S/C11H13F2N/c1-7-6-9(4-5-10(7)12)11(3,13)8(2)14/h4-6H,2,14H2,1,3H3. The second kappa shape index (κ2) is 3.40. The summed E-state index contributed by atoms with van der Waals surface area (Å²) in [6.45, 7) is 6.25. The Balaban J connectivity index is 3.21.